The number of nitrogens with zero attached hydrogens (tertiary/aromatic N) is 2. The van der Waals surface area contributed by atoms with Crippen molar-refractivity contribution in [1.82, 2.24) is 15.3 Å². The third-order valence-corrected chi connectivity index (χ3v) is 4.49. The second-order valence-corrected chi connectivity index (χ2v) is 6.68. The predicted octanol–water partition coefficient (Wildman–Crippen LogP) is 3.84. The topological polar surface area (TPSA) is 85.4 Å². The Hall–Kier alpha value is -3.32. The van der Waals surface area contributed by atoms with E-state index in [9.17, 15) is 4.79 Å². The van der Waals surface area contributed by atoms with Crippen LogP contribution in [0.1, 0.15) is 21.6 Å². The minimum atomic E-state index is -0.300. The van der Waals surface area contributed by atoms with Crippen LogP contribution in [0, 0.1) is 6.92 Å². The summed E-state index contributed by atoms with van der Waals surface area (Å²) in [6.07, 6.45) is 1.34. The van der Waals surface area contributed by atoms with Gasteiger partial charge >= 0.3 is 0 Å². The van der Waals surface area contributed by atoms with Gasteiger partial charge in [-0.15, -0.1) is 0 Å². The number of carbonyl (C=O) groups is 1. The SMILES string of the molecule is Cc1ccc(Cl)cc1Nc1cc(C(=O)NCc2ccc3c(c2)OCO3)ncn1. The summed E-state index contributed by atoms with van der Waals surface area (Å²) in [6.45, 7) is 2.52. The van der Waals surface area contributed by atoms with Gasteiger partial charge in [0.25, 0.3) is 5.91 Å². The highest BCUT2D eigenvalue weighted by Crippen LogP contribution is 2.32. The summed E-state index contributed by atoms with van der Waals surface area (Å²) in [4.78, 5) is 20.7. The molecular formula is C20H17ClN4O3. The molecule has 0 fully saturated rings. The predicted molar refractivity (Wildman–Crippen MR) is 105 cm³/mol. The number of carbonyl (C=O) groups excluding carboxylic acids is 1. The van der Waals surface area contributed by atoms with Crippen LogP contribution < -0.4 is 20.1 Å². The van der Waals surface area contributed by atoms with Crippen LogP contribution in [0.3, 0.4) is 0 Å². The lowest BCUT2D eigenvalue weighted by molar-refractivity contribution is 0.0945. The van der Waals surface area contributed by atoms with E-state index in [0.717, 1.165) is 16.8 Å². The molecule has 0 aliphatic carbocycles. The fourth-order valence-corrected chi connectivity index (χ4v) is 2.91. The zero-order valence-corrected chi connectivity index (χ0v) is 15.8. The van der Waals surface area contributed by atoms with E-state index in [2.05, 4.69) is 20.6 Å². The summed E-state index contributed by atoms with van der Waals surface area (Å²) in [5, 5.41) is 6.62. The van der Waals surface area contributed by atoms with Gasteiger partial charge in [0.1, 0.15) is 17.8 Å². The minimum Gasteiger partial charge on any atom is -0.454 e. The molecule has 1 aromatic heterocycles. The van der Waals surface area contributed by atoms with E-state index in [1.165, 1.54) is 6.33 Å². The fraction of sp³-hybridized carbons (Fsp3) is 0.150. The molecule has 28 heavy (non-hydrogen) atoms. The maximum Gasteiger partial charge on any atom is 0.270 e. The Kier molecular flexibility index (Phi) is 4.99. The van der Waals surface area contributed by atoms with Gasteiger partial charge in [0.15, 0.2) is 11.5 Å². The number of aryl methyl sites for hydroxylation is 1. The first-order valence-corrected chi connectivity index (χ1v) is 8.98. The normalized spacial score (nSPS) is 11.9. The molecule has 0 unspecified atom stereocenters. The molecule has 3 aromatic rings. The molecule has 0 radical (unpaired) electrons. The number of benzene rings is 2. The van der Waals surface area contributed by atoms with Crippen molar-refractivity contribution in [2.45, 2.75) is 13.5 Å². The third-order valence-electron chi connectivity index (χ3n) is 4.25. The second kappa shape index (κ2) is 7.74. The highest BCUT2D eigenvalue weighted by molar-refractivity contribution is 6.30. The number of ether oxygens (including phenoxy) is 2. The largest absolute Gasteiger partial charge is 0.454 e. The molecule has 4 rings (SSSR count). The van der Waals surface area contributed by atoms with Crippen molar-refractivity contribution in [2.75, 3.05) is 12.1 Å². The van der Waals surface area contributed by atoms with Crippen molar-refractivity contribution < 1.29 is 14.3 Å². The summed E-state index contributed by atoms with van der Waals surface area (Å²) in [5.41, 5.74) is 2.99. The van der Waals surface area contributed by atoms with Crippen molar-refractivity contribution in [3.8, 4) is 11.5 Å². The Morgan fingerprint density at radius 2 is 1.96 bits per heavy atom. The zero-order valence-electron chi connectivity index (χ0n) is 15.0. The summed E-state index contributed by atoms with van der Waals surface area (Å²) < 4.78 is 10.6. The first-order valence-electron chi connectivity index (χ1n) is 8.60. The molecule has 142 valence electrons. The summed E-state index contributed by atoms with van der Waals surface area (Å²) in [6, 6.07) is 12.7. The van der Waals surface area contributed by atoms with Crippen LogP contribution in [0.25, 0.3) is 0 Å². The van der Waals surface area contributed by atoms with Crippen LogP contribution in [0.4, 0.5) is 11.5 Å². The number of rotatable bonds is 5. The van der Waals surface area contributed by atoms with E-state index in [4.69, 9.17) is 21.1 Å². The van der Waals surface area contributed by atoms with E-state index < -0.39 is 0 Å². The van der Waals surface area contributed by atoms with Crippen molar-refractivity contribution in [1.29, 1.82) is 0 Å². The Bertz CT molecular complexity index is 1040. The summed E-state index contributed by atoms with van der Waals surface area (Å²) in [5.74, 6) is 1.59. The zero-order chi connectivity index (χ0) is 19.5. The first kappa shape index (κ1) is 18.1. The minimum absolute atomic E-state index is 0.216. The smallest absolute Gasteiger partial charge is 0.270 e. The molecule has 0 atom stereocenters. The third kappa shape index (κ3) is 3.99. The fourth-order valence-electron chi connectivity index (χ4n) is 2.74. The number of halogens is 1. The molecule has 1 aliphatic heterocycles. The molecule has 0 saturated carbocycles. The van der Waals surface area contributed by atoms with Gasteiger partial charge < -0.3 is 20.1 Å². The van der Waals surface area contributed by atoms with Crippen LogP contribution in [0.5, 0.6) is 11.5 Å². The lowest BCUT2D eigenvalue weighted by atomic mass is 10.2. The van der Waals surface area contributed by atoms with Crippen molar-refractivity contribution in [2.24, 2.45) is 0 Å². The molecule has 0 saturated heterocycles. The van der Waals surface area contributed by atoms with Gasteiger partial charge in [-0.25, -0.2) is 9.97 Å². The second-order valence-electron chi connectivity index (χ2n) is 6.24. The summed E-state index contributed by atoms with van der Waals surface area (Å²) >= 11 is 6.05. The quantitative estimate of drug-likeness (QED) is 0.681. The molecule has 0 bridgehead atoms. The Labute approximate surface area is 166 Å². The number of hydrogen-bond acceptors (Lipinski definition) is 6. The highest BCUT2D eigenvalue weighted by atomic mass is 35.5. The van der Waals surface area contributed by atoms with E-state index in [1.54, 1.807) is 12.1 Å². The lowest BCUT2D eigenvalue weighted by Gasteiger charge is -2.10. The number of nitrogens with one attached hydrogen (secondary N) is 2. The molecular weight excluding hydrogens is 380 g/mol. The first-order chi connectivity index (χ1) is 13.6. The van der Waals surface area contributed by atoms with Gasteiger partial charge in [-0.05, 0) is 42.3 Å². The number of anilines is 2. The number of hydrogen-bond donors (Lipinski definition) is 2. The van der Waals surface area contributed by atoms with Crippen LogP contribution >= 0.6 is 11.6 Å². The van der Waals surface area contributed by atoms with E-state index in [0.29, 0.717) is 28.9 Å². The van der Waals surface area contributed by atoms with Gasteiger partial charge in [-0.2, -0.15) is 0 Å². The summed E-state index contributed by atoms with van der Waals surface area (Å²) in [7, 11) is 0. The van der Waals surface area contributed by atoms with Gasteiger partial charge in [-0.3, -0.25) is 4.79 Å². The average Bonchev–Trinajstić information content (AvgIpc) is 3.17. The van der Waals surface area contributed by atoms with Crippen LogP contribution in [-0.4, -0.2) is 22.7 Å². The van der Waals surface area contributed by atoms with E-state index in [-0.39, 0.29) is 18.4 Å². The monoisotopic (exact) mass is 396 g/mol. The lowest BCUT2D eigenvalue weighted by Crippen LogP contribution is -2.24. The van der Waals surface area contributed by atoms with Gasteiger partial charge in [-0.1, -0.05) is 23.7 Å². The average molecular weight is 397 g/mol. The van der Waals surface area contributed by atoms with Crippen molar-refractivity contribution in [3.05, 3.63) is 70.6 Å². The van der Waals surface area contributed by atoms with Crippen molar-refractivity contribution in [3.63, 3.8) is 0 Å². The molecule has 2 N–H and O–H groups in total. The molecule has 1 aliphatic rings. The van der Waals surface area contributed by atoms with E-state index in [1.807, 2.05) is 37.3 Å². The van der Waals surface area contributed by atoms with Gasteiger partial charge in [0.05, 0.1) is 0 Å². The van der Waals surface area contributed by atoms with Gasteiger partial charge in [0, 0.05) is 23.3 Å². The van der Waals surface area contributed by atoms with Crippen LogP contribution in [0.2, 0.25) is 5.02 Å². The molecule has 8 heteroatoms. The Balaban J connectivity index is 1.43. The van der Waals surface area contributed by atoms with Gasteiger partial charge in [0.2, 0.25) is 6.79 Å². The van der Waals surface area contributed by atoms with Crippen LogP contribution in [-0.2, 0) is 6.54 Å². The number of fused-ring (bicyclic) bond motifs is 1. The molecule has 7 nitrogen and oxygen atoms in total. The maximum absolute atomic E-state index is 12.5. The molecule has 2 aromatic carbocycles. The van der Waals surface area contributed by atoms with Crippen LogP contribution in [0.15, 0.2) is 48.8 Å². The van der Waals surface area contributed by atoms with Crippen molar-refractivity contribution >= 4 is 29.0 Å². The highest BCUT2D eigenvalue weighted by Gasteiger charge is 2.14. The Morgan fingerprint density at radius 3 is 2.86 bits per heavy atom. The standard InChI is InChI=1S/C20H17ClN4O3/c1-12-2-4-14(21)7-15(12)25-19-8-16(23-10-24-19)20(26)22-9-13-3-5-17-18(6-13)28-11-27-17/h2-8,10H,9,11H2,1H3,(H,22,26)(H,23,24,25). The van der Waals surface area contributed by atoms with E-state index >= 15 is 0 Å². The number of amides is 1. The molecule has 0 spiro atoms. The molecule has 2 heterocycles. The molecule has 1 amide bonds. The maximum atomic E-state index is 12.5. The number of aromatic nitrogens is 2. The Morgan fingerprint density at radius 1 is 1.11 bits per heavy atom.